The van der Waals surface area contributed by atoms with Gasteiger partial charge in [-0.05, 0) is 97.8 Å². The molecule has 0 spiro atoms. The molecule has 0 aliphatic heterocycles. The first-order valence-electron chi connectivity index (χ1n) is 15.8. The molecule has 2 N–H and O–H groups in total. The Balaban J connectivity index is 1.11. The number of halogens is 4. The molecule has 0 atom stereocenters. The van der Waals surface area contributed by atoms with Crippen LogP contribution in [0.3, 0.4) is 0 Å². The zero-order chi connectivity index (χ0) is 36.6. The lowest BCUT2D eigenvalue weighted by Gasteiger charge is -2.08. The fourth-order valence-electron chi connectivity index (χ4n) is 4.48. The third-order valence-corrected chi connectivity index (χ3v) is 8.59. The summed E-state index contributed by atoms with van der Waals surface area (Å²) in [5.74, 6) is -1.03. The molecule has 0 aromatic heterocycles. The molecule has 264 valence electrons. The predicted molar refractivity (Wildman–Crippen MR) is 205 cm³/mol. The number of benzene rings is 4. The fourth-order valence-corrected chi connectivity index (χ4v) is 5.49. The molecule has 0 saturated carbocycles. The van der Waals surface area contributed by atoms with E-state index in [1.54, 1.807) is 84.9 Å². The first-order valence-corrected chi connectivity index (χ1v) is 18.1. The van der Waals surface area contributed by atoms with E-state index in [-0.39, 0.29) is 36.2 Å². The van der Waals surface area contributed by atoms with Crippen molar-refractivity contribution in [3.63, 3.8) is 0 Å². The average Bonchev–Trinajstić information content (AvgIpc) is 3.10. The third kappa shape index (κ3) is 13.7. The Morgan fingerprint density at radius 2 is 0.941 bits per heavy atom. The van der Waals surface area contributed by atoms with E-state index in [9.17, 15) is 19.2 Å². The van der Waals surface area contributed by atoms with Crippen molar-refractivity contribution in [3.05, 3.63) is 126 Å². The maximum Gasteiger partial charge on any atom is 0.343 e. The minimum absolute atomic E-state index is 0.244. The highest BCUT2D eigenvalue weighted by molar-refractivity contribution is 9.10. The van der Waals surface area contributed by atoms with Gasteiger partial charge in [-0.3, -0.25) is 9.59 Å². The Bertz CT molecular complexity index is 1770. The van der Waals surface area contributed by atoms with E-state index in [1.807, 2.05) is 0 Å². The molecule has 0 radical (unpaired) electrons. The van der Waals surface area contributed by atoms with Gasteiger partial charge in [-0.15, -0.1) is 0 Å². The Hall–Kier alpha value is -4.36. The number of hydrogen-bond acceptors (Lipinski definition) is 8. The summed E-state index contributed by atoms with van der Waals surface area (Å²) in [6.45, 7) is 0. The summed E-state index contributed by atoms with van der Waals surface area (Å²) in [5, 5.41) is 9.07. The van der Waals surface area contributed by atoms with Gasteiger partial charge in [0, 0.05) is 43.0 Å². The van der Waals surface area contributed by atoms with Gasteiger partial charge in [0.15, 0.2) is 0 Å². The van der Waals surface area contributed by atoms with Gasteiger partial charge in [0.1, 0.15) is 11.5 Å². The minimum atomic E-state index is -0.551. The zero-order valence-electron chi connectivity index (χ0n) is 27.0. The number of carbonyl (C=O) groups excluding carboxylic acids is 4. The van der Waals surface area contributed by atoms with Gasteiger partial charge in [0.2, 0.25) is 11.8 Å². The van der Waals surface area contributed by atoms with Gasteiger partial charge in [-0.25, -0.2) is 20.4 Å². The zero-order valence-corrected chi connectivity index (χ0v) is 31.7. The molecule has 0 saturated heterocycles. The van der Waals surface area contributed by atoms with Gasteiger partial charge < -0.3 is 9.47 Å². The van der Waals surface area contributed by atoms with Crippen LogP contribution in [-0.2, 0) is 9.59 Å². The molecule has 4 aromatic carbocycles. The topological polar surface area (TPSA) is 136 Å². The maximum atomic E-state index is 12.5. The number of nitrogens with one attached hydrogen (secondary N) is 2. The number of nitrogens with zero attached hydrogens (tertiary/aromatic N) is 2. The van der Waals surface area contributed by atoms with Gasteiger partial charge in [0.25, 0.3) is 0 Å². The van der Waals surface area contributed by atoms with E-state index in [0.717, 1.165) is 28.2 Å². The first kappa shape index (κ1) is 39.4. The number of esters is 2. The SMILES string of the molecule is O=C(CCCCCCCC(=O)NN=Cc1cc(Br)ccc1OC(=O)c1ccc(Cl)cc1)NN=Cc1cc(Br)ccc1OC(=O)c1ccc(Cl)cc1. The summed E-state index contributed by atoms with van der Waals surface area (Å²) in [5.41, 5.74) is 6.69. The lowest BCUT2D eigenvalue weighted by molar-refractivity contribution is -0.121. The van der Waals surface area contributed by atoms with Crippen LogP contribution in [0.15, 0.2) is 104 Å². The van der Waals surface area contributed by atoms with E-state index >= 15 is 0 Å². The van der Waals surface area contributed by atoms with Crippen LogP contribution < -0.4 is 20.3 Å². The standard InChI is InChI=1S/C37H32Br2Cl2N4O6/c38-28-12-18-32(50-36(48)24-8-14-30(40)15-9-24)26(20-28)22-42-44-34(46)6-4-2-1-3-5-7-35(47)45-43-23-27-21-29(39)13-19-33(27)51-37(49)25-10-16-31(41)17-11-25/h8-23H,1-7H2,(H,44,46)(H,45,47). The number of carbonyl (C=O) groups is 4. The summed E-state index contributed by atoms with van der Waals surface area (Å²) in [6, 6.07) is 22.8. The van der Waals surface area contributed by atoms with Crippen molar-refractivity contribution in [1.29, 1.82) is 0 Å². The normalized spacial score (nSPS) is 11.1. The summed E-state index contributed by atoms with van der Waals surface area (Å²) < 4.78 is 12.5. The number of hydrogen-bond donors (Lipinski definition) is 2. The monoisotopic (exact) mass is 856 g/mol. The van der Waals surface area contributed by atoms with Crippen molar-refractivity contribution >= 4 is 91.2 Å². The summed E-state index contributed by atoms with van der Waals surface area (Å²) >= 11 is 18.6. The molecule has 0 unspecified atom stereocenters. The lowest BCUT2D eigenvalue weighted by atomic mass is 10.1. The Morgan fingerprint density at radius 3 is 1.33 bits per heavy atom. The smallest absolute Gasteiger partial charge is 0.343 e. The van der Waals surface area contributed by atoms with Crippen LogP contribution in [0.4, 0.5) is 0 Å². The second-order valence-electron chi connectivity index (χ2n) is 11.0. The Labute approximate surface area is 321 Å². The highest BCUT2D eigenvalue weighted by Crippen LogP contribution is 2.25. The summed E-state index contributed by atoms with van der Waals surface area (Å²) in [6.07, 6.45) is 7.21. The van der Waals surface area contributed by atoms with Crippen molar-refractivity contribution in [2.75, 3.05) is 0 Å². The maximum absolute atomic E-state index is 12.5. The second kappa shape index (κ2) is 20.5. The van der Waals surface area contributed by atoms with Gasteiger partial charge in [0.05, 0.1) is 23.6 Å². The molecule has 0 fully saturated rings. The lowest BCUT2D eigenvalue weighted by Crippen LogP contribution is -2.17. The molecule has 0 aliphatic carbocycles. The number of hydrazone groups is 2. The van der Waals surface area contributed by atoms with Crippen LogP contribution in [0.5, 0.6) is 11.5 Å². The molecular weight excluding hydrogens is 827 g/mol. The number of unbranched alkanes of at least 4 members (excludes halogenated alkanes) is 4. The van der Waals surface area contributed by atoms with Crippen molar-refractivity contribution in [2.45, 2.75) is 44.9 Å². The van der Waals surface area contributed by atoms with E-state index in [1.165, 1.54) is 12.4 Å². The molecule has 0 heterocycles. The van der Waals surface area contributed by atoms with E-state index < -0.39 is 11.9 Å². The number of amides is 2. The van der Waals surface area contributed by atoms with Crippen LogP contribution in [0.25, 0.3) is 0 Å². The molecule has 2 amide bonds. The van der Waals surface area contributed by atoms with Crippen LogP contribution in [-0.4, -0.2) is 36.2 Å². The van der Waals surface area contributed by atoms with Crippen LogP contribution in [0.1, 0.15) is 76.8 Å². The van der Waals surface area contributed by atoms with Gasteiger partial charge in [-0.2, -0.15) is 10.2 Å². The number of rotatable bonds is 16. The van der Waals surface area contributed by atoms with Crippen molar-refractivity contribution in [1.82, 2.24) is 10.9 Å². The predicted octanol–water partition coefficient (Wildman–Crippen LogP) is 9.29. The van der Waals surface area contributed by atoms with Crippen molar-refractivity contribution < 1.29 is 28.7 Å². The van der Waals surface area contributed by atoms with E-state index in [4.69, 9.17) is 32.7 Å². The largest absolute Gasteiger partial charge is 0.422 e. The molecule has 10 nitrogen and oxygen atoms in total. The Kier molecular flexibility index (Phi) is 15.8. The number of ether oxygens (including phenoxy) is 2. The summed E-state index contributed by atoms with van der Waals surface area (Å²) in [7, 11) is 0. The van der Waals surface area contributed by atoms with Crippen LogP contribution in [0.2, 0.25) is 10.0 Å². The second-order valence-corrected chi connectivity index (χ2v) is 13.7. The fraction of sp³-hybridized carbons (Fsp3) is 0.189. The first-order chi connectivity index (χ1) is 24.6. The minimum Gasteiger partial charge on any atom is -0.422 e. The third-order valence-electron chi connectivity index (χ3n) is 7.10. The highest BCUT2D eigenvalue weighted by Gasteiger charge is 2.13. The molecule has 0 bridgehead atoms. The van der Waals surface area contributed by atoms with Crippen molar-refractivity contribution in [3.8, 4) is 11.5 Å². The average molecular weight is 859 g/mol. The molecule has 4 rings (SSSR count). The molecule has 4 aromatic rings. The molecule has 14 heteroatoms. The highest BCUT2D eigenvalue weighted by atomic mass is 79.9. The van der Waals surface area contributed by atoms with E-state index in [2.05, 4.69) is 52.9 Å². The van der Waals surface area contributed by atoms with Crippen LogP contribution >= 0.6 is 55.1 Å². The van der Waals surface area contributed by atoms with Gasteiger partial charge in [-0.1, -0.05) is 74.3 Å². The van der Waals surface area contributed by atoms with E-state index in [0.29, 0.717) is 45.1 Å². The van der Waals surface area contributed by atoms with Crippen molar-refractivity contribution in [2.24, 2.45) is 10.2 Å². The van der Waals surface area contributed by atoms with Crippen LogP contribution in [0, 0.1) is 0 Å². The van der Waals surface area contributed by atoms with Gasteiger partial charge >= 0.3 is 11.9 Å². The summed E-state index contributed by atoms with van der Waals surface area (Å²) in [4.78, 5) is 49.7. The molecule has 0 aliphatic rings. The quantitative estimate of drug-likeness (QED) is 0.0379. The molecular formula is C37H32Br2Cl2N4O6. The Morgan fingerprint density at radius 1 is 0.569 bits per heavy atom. The molecule has 51 heavy (non-hydrogen) atoms.